The summed E-state index contributed by atoms with van der Waals surface area (Å²) in [5.41, 5.74) is 0. The Morgan fingerprint density at radius 3 is 3.25 bits per heavy atom. The molecule has 0 aliphatic carbocycles. The molecule has 0 saturated carbocycles. The molecule has 20 heavy (non-hydrogen) atoms. The van der Waals surface area contributed by atoms with Gasteiger partial charge in [-0.05, 0) is 25.2 Å². The predicted molar refractivity (Wildman–Crippen MR) is 75.2 cm³/mol. The summed E-state index contributed by atoms with van der Waals surface area (Å²) in [5.74, 6) is 2.00. The molecule has 3 heterocycles. The van der Waals surface area contributed by atoms with Crippen molar-refractivity contribution in [2.24, 2.45) is 11.8 Å². The quantitative estimate of drug-likeness (QED) is 0.837. The number of amides is 1. The molecule has 0 spiro atoms. The topological polar surface area (TPSA) is 47.4 Å². The van der Waals surface area contributed by atoms with E-state index in [-0.39, 0.29) is 11.8 Å². The minimum atomic E-state index is 0.0688. The van der Waals surface area contributed by atoms with Crippen molar-refractivity contribution >= 4 is 5.91 Å². The lowest BCUT2D eigenvalue weighted by Crippen LogP contribution is -2.40. The summed E-state index contributed by atoms with van der Waals surface area (Å²) < 4.78 is 7.63. The van der Waals surface area contributed by atoms with Crippen molar-refractivity contribution in [3.63, 3.8) is 0 Å². The zero-order valence-corrected chi connectivity index (χ0v) is 12.1. The van der Waals surface area contributed by atoms with Gasteiger partial charge in [-0.1, -0.05) is 0 Å². The Morgan fingerprint density at radius 2 is 2.45 bits per heavy atom. The van der Waals surface area contributed by atoms with Crippen LogP contribution >= 0.6 is 0 Å². The minimum Gasteiger partial charge on any atom is -0.381 e. The highest BCUT2D eigenvalue weighted by Gasteiger charge is 2.27. The lowest BCUT2D eigenvalue weighted by atomic mass is 9.95. The largest absolute Gasteiger partial charge is 0.381 e. The monoisotopic (exact) mass is 277 g/mol. The lowest BCUT2D eigenvalue weighted by Gasteiger charge is -2.31. The van der Waals surface area contributed by atoms with E-state index in [1.54, 1.807) is 0 Å². The summed E-state index contributed by atoms with van der Waals surface area (Å²) in [6, 6.07) is 0. The SMILES string of the molecule is CN(C[C@@H]1CCn2ccnc2C1)C(=O)[C@@H]1CCCOC1. The number of nitrogens with zero attached hydrogens (tertiary/aromatic N) is 3. The van der Waals surface area contributed by atoms with Crippen LogP contribution in [0, 0.1) is 11.8 Å². The van der Waals surface area contributed by atoms with Crippen LogP contribution in [0.4, 0.5) is 0 Å². The van der Waals surface area contributed by atoms with Gasteiger partial charge in [0.2, 0.25) is 5.91 Å². The Hall–Kier alpha value is -1.36. The van der Waals surface area contributed by atoms with Crippen LogP contribution < -0.4 is 0 Å². The molecule has 2 aliphatic heterocycles. The highest BCUT2D eigenvalue weighted by molar-refractivity contribution is 5.78. The fourth-order valence-corrected chi connectivity index (χ4v) is 3.30. The Bertz CT molecular complexity index is 465. The first-order chi connectivity index (χ1) is 9.74. The summed E-state index contributed by atoms with van der Waals surface area (Å²) in [6.07, 6.45) is 7.99. The zero-order valence-electron chi connectivity index (χ0n) is 12.1. The van der Waals surface area contributed by atoms with Crippen LogP contribution in [0.2, 0.25) is 0 Å². The fourth-order valence-electron chi connectivity index (χ4n) is 3.30. The summed E-state index contributed by atoms with van der Waals surface area (Å²) in [6.45, 7) is 3.26. The van der Waals surface area contributed by atoms with Gasteiger partial charge in [0.25, 0.3) is 0 Å². The molecular formula is C15H23N3O2. The van der Waals surface area contributed by atoms with Gasteiger partial charge in [0.05, 0.1) is 12.5 Å². The van der Waals surface area contributed by atoms with Crippen LogP contribution in [0.25, 0.3) is 0 Å². The Kier molecular flexibility index (Phi) is 4.05. The van der Waals surface area contributed by atoms with Crippen LogP contribution in [-0.2, 0) is 22.5 Å². The molecule has 0 radical (unpaired) electrons. The van der Waals surface area contributed by atoms with E-state index in [2.05, 4.69) is 9.55 Å². The van der Waals surface area contributed by atoms with E-state index in [0.717, 1.165) is 51.2 Å². The van der Waals surface area contributed by atoms with Gasteiger partial charge in [-0.25, -0.2) is 4.98 Å². The summed E-state index contributed by atoms with van der Waals surface area (Å²) >= 11 is 0. The molecule has 0 unspecified atom stereocenters. The van der Waals surface area contributed by atoms with Gasteiger partial charge < -0.3 is 14.2 Å². The summed E-state index contributed by atoms with van der Waals surface area (Å²) in [7, 11) is 1.93. The second-order valence-electron chi connectivity index (χ2n) is 6.03. The van der Waals surface area contributed by atoms with E-state index in [1.807, 2.05) is 24.3 Å². The van der Waals surface area contributed by atoms with Gasteiger partial charge in [0, 0.05) is 45.6 Å². The molecule has 5 heteroatoms. The maximum Gasteiger partial charge on any atom is 0.227 e. The van der Waals surface area contributed by atoms with E-state index >= 15 is 0 Å². The third-order valence-corrected chi connectivity index (χ3v) is 4.47. The van der Waals surface area contributed by atoms with Crippen LogP contribution in [0.3, 0.4) is 0 Å². The van der Waals surface area contributed by atoms with Crippen molar-refractivity contribution in [3.05, 3.63) is 18.2 Å². The van der Waals surface area contributed by atoms with Gasteiger partial charge in [-0.3, -0.25) is 4.79 Å². The molecule has 0 aromatic carbocycles. The molecule has 5 nitrogen and oxygen atoms in total. The van der Waals surface area contributed by atoms with Crippen molar-refractivity contribution in [2.75, 3.05) is 26.8 Å². The number of aromatic nitrogens is 2. The van der Waals surface area contributed by atoms with Gasteiger partial charge in [0.1, 0.15) is 5.82 Å². The molecule has 0 bridgehead atoms. The normalized spacial score (nSPS) is 26.1. The van der Waals surface area contributed by atoms with Gasteiger partial charge in [-0.15, -0.1) is 0 Å². The average molecular weight is 277 g/mol. The molecule has 1 saturated heterocycles. The fraction of sp³-hybridized carbons (Fsp3) is 0.733. The number of carbonyl (C=O) groups is 1. The van der Waals surface area contributed by atoms with E-state index in [1.165, 1.54) is 0 Å². The van der Waals surface area contributed by atoms with Crippen LogP contribution in [0.1, 0.15) is 25.1 Å². The smallest absolute Gasteiger partial charge is 0.227 e. The number of rotatable bonds is 3. The number of ether oxygens (including phenoxy) is 1. The number of fused-ring (bicyclic) bond motifs is 1. The van der Waals surface area contributed by atoms with Gasteiger partial charge >= 0.3 is 0 Å². The van der Waals surface area contributed by atoms with Crippen molar-refractivity contribution < 1.29 is 9.53 Å². The van der Waals surface area contributed by atoms with Crippen LogP contribution in [0.5, 0.6) is 0 Å². The zero-order chi connectivity index (χ0) is 13.9. The molecule has 1 amide bonds. The van der Waals surface area contributed by atoms with Gasteiger partial charge in [0.15, 0.2) is 0 Å². The molecular weight excluding hydrogens is 254 g/mol. The van der Waals surface area contributed by atoms with Crippen molar-refractivity contribution in [1.82, 2.24) is 14.5 Å². The van der Waals surface area contributed by atoms with Crippen LogP contribution in [-0.4, -0.2) is 47.2 Å². The maximum atomic E-state index is 12.4. The standard InChI is InChI=1S/C15H23N3O2/c1-17(15(19)13-3-2-8-20-11-13)10-12-4-6-18-7-5-16-14(18)9-12/h5,7,12-13H,2-4,6,8-11H2,1H3/t12-,13-/m1/s1. The third-order valence-electron chi connectivity index (χ3n) is 4.47. The number of hydrogen-bond donors (Lipinski definition) is 0. The lowest BCUT2D eigenvalue weighted by molar-refractivity contribution is -0.139. The first kappa shape index (κ1) is 13.6. The van der Waals surface area contributed by atoms with Gasteiger partial charge in [-0.2, -0.15) is 0 Å². The summed E-state index contributed by atoms with van der Waals surface area (Å²) in [4.78, 5) is 18.7. The second-order valence-corrected chi connectivity index (χ2v) is 6.03. The minimum absolute atomic E-state index is 0.0688. The Labute approximate surface area is 119 Å². The first-order valence-corrected chi connectivity index (χ1v) is 7.57. The third kappa shape index (κ3) is 2.87. The number of aryl methyl sites for hydroxylation is 1. The summed E-state index contributed by atoms with van der Waals surface area (Å²) in [5, 5.41) is 0. The molecule has 1 aromatic rings. The second kappa shape index (κ2) is 5.95. The molecule has 3 rings (SSSR count). The molecule has 1 aromatic heterocycles. The number of carbonyl (C=O) groups excluding carboxylic acids is 1. The highest BCUT2D eigenvalue weighted by Crippen LogP contribution is 2.21. The van der Waals surface area contributed by atoms with Crippen LogP contribution in [0.15, 0.2) is 12.4 Å². The number of imidazole rings is 1. The molecule has 2 aliphatic rings. The molecule has 110 valence electrons. The predicted octanol–water partition coefficient (Wildman–Crippen LogP) is 1.33. The van der Waals surface area contributed by atoms with Crippen molar-refractivity contribution in [2.45, 2.75) is 32.2 Å². The molecule has 1 fully saturated rings. The molecule has 0 N–H and O–H groups in total. The average Bonchev–Trinajstić information content (AvgIpc) is 2.95. The number of hydrogen-bond acceptors (Lipinski definition) is 3. The van der Waals surface area contributed by atoms with E-state index in [0.29, 0.717) is 12.5 Å². The maximum absolute atomic E-state index is 12.4. The van der Waals surface area contributed by atoms with Crippen molar-refractivity contribution in [1.29, 1.82) is 0 Å². The Morgan fingerprint density at radius 1 is 1.55 bits per heavy atom. The van der Waals surface area contributed by atoms with E-state index < -0.39 is 0 Å². The van der Waals surface area contributed by atoms with Crippen molar-refractivity contribution in [3.8, 4) is 0 Å². The van der Waals surface area contributed by atoms with E-state index in [9.17, 15) is 4.79 Å². The molecule has 2 atom stereocenters. The highest BCUT2D eigenvalue weighted by atomic mass is 16.5. The van der Waals surface area contributed by atoms with E-state index in [4.69, 9.17) is 4.74 Å². The Balaban J connectivity index is 1.54. The first-order valence-electron chi connectivity index (χ1n) is 7.57.